The van der Waals surface area contributed by atoms with Crippen LogP contribution in [0.15, 0.2) is 18.2 Å². The first-order valence-electron chi connectivity index (χ1n) is 9.97. The molecule has 27 heavy (non-hydrogen) atoms. The minimum absolute atomic E-state index is 0.0922. The highest BCUT2D eigenvalue weighted by Crippen LogP contribution is 2.22. The van der Waals surface area contributed by atoms with E-state index in [9.17, 15) is 9.59 Å². The normalized spacial score (nSPS) is 12.3. The molecule has 0 saturated carbocycles. The van der Waals surface area contributed by atoms with Gasteiger partial charge in [0.15, 0.2) is 0 Å². The van der Waals surface area contributed by atoms with Gasteiger partial charge in [-0.25, -0.2) is 4.79 Å². The van der Waals surface area contributed by atoms with Gasteiger partial charge in [0.25, 0.3) is 0 Å². The molecule has 0 aromatic heterocycles. The molecule has 0 bridgehead atoms. The number of carbonyl (C=O) groups excluding carboxylic acids is 2. The highest BCUT2D eigenvalue weighted by atomic mass is 16.5. The van der Waals surface area contributed by atoms with Gasteiger partial charge in [0.2, 0.25) is 5.91 Å². The number of anilines is 1. The van der Waals surface area contributed by atoms with E-state index in [0.717, 1.165) is 31.7 Å². The van der Waals surface area contributed by atoms with Crippen molar-refractivity contribution in [1.29, 1.82) is 0 Å². The lowest BCUT2D eigenvalue weighted by Crippen LogP contribution is -2.50. The Hall–Kier alpha value is -1.92. The van der Waals surface area contributed by atoms with Crippen LogP contribution in [0.3, 0.4) is 0 Å². The minimum atomic E-state index is -0.417. The Balaban J connectivity index is 3.15. The number of esters is 1. The zero-order valence-electron chi connectivity index (χ0n) is 17.7. The number of rotatable bonds is 11. The molecule has 0 heterocycles. The largest absolute Gasteiger partial charge is 0.462 e. The molecule has 1 aromatic rings. The molecule has 1 rings (SSSR count). The van der Waals surface area contributed by atoms with Gasteiger partial charge in [-0.2, -0.15) is 0 Å². The van der Waals surface area contributed by atoms with Gasteiger partial charge in [-0.15, -0.1) is 0 Å². The summed E-state index contributed by atoms with van der Waals surface area (Å²) >= 11 is 0. The van der Waals surface area contributed by atoms with Gasteiger partial charge in [0.05, 0.1) is 17.9 Å². The van der Waals surface area contributed by atoms with Gasteiger partial charge in [-0.3, -0.25) is 9.69 Å². The van der Waals surface area contributed by atoms with Gasteiger partial charge < -0.3 is 15.0 Å². The van der Waals surface area contributed by atoms with E-state index >= 15 is 0 Å². The van der Waals surface area contributed by atoms with Gasteiger partial charge in [-0.05, 0) is 51.7 Å². The first-order valence-corrected chi connectivity index (χ1v) is 9.97. The Morgan fingerprint density at radius 1 is 1.04 bits per heavy atom. The number of carbonyl (C=O) groups is 2. The van der Waals surface area contributed by atoms with Crippen LogP contribution < -0.4 is 5.32 Å². The predicted octanol–water partition coefficient (Wildman–Crippen LogP) is 3.16. The number of amides is 1. The second kappa shape index (κ2) is 11.7. The molecule has 0 fully saturated rings. The van der Waals surface area contributed by atoms with E-state index in [1.165, 1.54) is 0 Å². The fourth-order valence-electron chi connectivity index (χ4n) is 3.17. The zero-order chi connectivity index (χ0) is 20.4. The van der Waals surface area contributed by atoms with Gasteiger partial charge in [-0.1, -0.05) is 39.8 Å². The van der Waals surface area contributed by atoms with E-state index in [4.69, 9.17) is 4.74 Å². The number of aryl methyl sites for hydroxylation is 1. The molecule has 0 aliphatic carbocycles. The van der Waals surface area contributed by atoms with Crippen LogP contribution in [0.2, 0.25) is 0 Å². The van der Waals surface area contributed by atoms with Crippen molar-refractivity contribution < 1.29 is 14.3 Å². The van der Waals surface area contributed by atoms with Gasteiger partial charge >= 0.3 is 5.97 Å². The van der Waals surface area contributed by atoms with Crippen molar-refractivity contribution >= 4 is 17.6 Å². The van der Waals surface area contributed by atoms with E-state index in [1.54, 1.807) is 19.1 Å². The Bertz CT molecular complexity index is 611. The van der Waals surface area contributed by atoms with Crippen LogP contribution in [0, 0.1) is 6.92 Å². The lowest BCUT2D eigenvalue weighted by atomic mass is 10.1. The quantitative estimate of drug-likeness (QED) is 0.600. The Morgan fingerprint density at radius 3 is 2.19 bits per heavy atom. The third-order valence-electron chi connectivity index (χ3n) is 4.90. The Labute approximate surface area is 163 Å². The standard InChI is InChI=1S/C21H35N3O3/c1-7-23(8-2)15-18(24(9-3)10-4)20(25)22-19-16(6)13-12-14-17(19)21(26)27-11-5/h12-14,18H,7-11,15H2,1-6H3,(H,22,25). The Morgan fingerprint density at radius 2 is 1.67 bits per heavy atom. The number of benzene rings is 1. The molecule has 1 amide bonds. The molecule has 0 spiro atoms. The van der Waals surface area contributed by atoms with E-state index in [-0.39, 0.29) is 11.9 Å². The van der Waals surface area contributed by atoms with E-state index in [1.807, 2.05) is 13.0 Å². The van der Waals surface area contributed by atoms with Crippen molar-refractivity contribution in [1.82, 2.24) is 9.80 Å². The fraction of sp³-hybridized carbons (Fsp3) is 0.619. The number of hydrogen-bond acceptors (Lipinski definition) is 5. The van der Waals surface area contributed by atoms with Crippen molar-refractivity contribution in [2.24, 2.45) is 0 Å². The maximum absolute atomic E-state index is 13.2. The number of nitrogens with one attached hydrogen (secondary N) is 1. The molecule has 0 saturated heterocycles. The molecule has 6 heteroatoms. The zero-order valence-corrected chi connectivity index (χ0v) is 17.7. The summed E-state index contributed by atoms with van der Waals surface area (Å²) in [6.07, 6.45) is 0. The van der Waals surface area contributed by atoms with Gasteiger partial charge in [0, 0.05) is 6.54 Å². The average molecular weight is 378 g/mol. The number of para-hydroxylation sites is 1. The van der Waals surface area contributed by atoms with Crippen LogP contribution in [0.1, 0.15) is 50.5 Å². The summed E-state index contributed by atoms with van der Waals surface area (Å²) < 4.78 is 5.15. The van der Waals surface area contributed by atoms with Crippen molar-refractivity contribution in [3.05, 3.63) is 29.3 Å². The molecule has 1 N–H and O–H groups in total. The summed E-state index contributed by atoms with van der Waals surface area (Å²) in [5, 5.41) is 3.01. The smallest absolute Gasteiger partial charge is 0.340 e. The third kappa shape index (κ3) is 6.33. The third-order valence-corrected chi connectivity index (χ3v) is 4.90. The molecule has 0 radical (unpaired) electrons. The second-order valence-electron chi connectivity index (χ2n) is 6.43. The summed E-state index contributed by atoms with van der Waals surface area (Å²) in [6.45, 7) is 16.3. The lowest BCUT2D eigenvalue weighted by molar-refractivity contribution is -0.121. The van der Waals surface area contributed by atoms with E-state index < -0.39 is 5.97 Å². The number of likely N-dealkylation sites (N-methyl/N-ethyl adjacent to an activating group) is 2. The van der Waals surface area contributed by atoms with E-state index in [2.05, 4.69) is 42.8 Å². The first kappa shape index (κ1) is 23.1. The summed E-state index contributed by atoms with van der Waals surface area (Å²) in [6, 6.07) is 5.09. The molecule has 0 aliphatic heterocycles. The molecule has 1 atom stereocenters. The van der Waals surface area contributed by atoms with Crippen LogP contribution >= 0.6 is 0 Å². The highest BCUT2D eigenvalue weighted by Gasteiger charge is 2.27. The lowest BCUT2D eigenvalue weighted by Gasteiger charge is -2.33. The summed E-state index contributed by atoms with van der Waals surface area (Å²) in [5.74, 6) is -0.509. The molecule has 0 aliphatic rings. The molecule has 152 valence electrons. The number of ether oxygens (including phenoxy) is 1. The van der Waals surface area contributed by atoms with Crippen LogP contribution in [-0.2, 0) is 9.53 Å². The molecular formula is C21H35N3O3. The molecule has 1 aromatic carbocycles. The van der Waals surface area contributed by atoms with Crippen molar-refractivity contribution in [2.75, 3.05) is 44.6 Å². The van der Waals surface area contributed by atoms with Crippen molar-refractivity contribution in [3.8, 4) is 0 Å². The fourth-order valence-corrected chi connectivity index (χ4v) is 3.17. The average Bonchev–Trinajstić information content (AvgIpc) is 2.66. The number of nitrogens with zero attached hydrogens (tertiary/aromatic N) is 2. The summed E-state index contributed by atoms with van der Waals surface area (Å²) in [5.41, 5.74) is 1.78. The van der Waals surface area contributed by atoms with Crippen LogP contribution in [0.4, 0.5) is 5.69 Å². The maximum atomic E-state index is 13.2. The van der Waals surface area contributed by atoms with Crippen LogP contribution in [0.5, 0.6) is 0 Å². The SMILES string of the molecule is CCOC(=O)c1cccc(C)c1NC(=O)C(CN(CC)CC)N(CC)CC. The topological polar surface area (TPSA) is 61.9 Å². The van der Waals surface area contributed by atoms with Crippen molar-refractivity contribution in [3.63, 3.8) is 0 Å². The molecule has 6 nitrogen and oxygen atoms in total. The minimum Gasteiger partial charge on any atom is -0.462 e. The first-order chi connectivity index (χ1) is 12.9. The summed E-state index contributed by atoms with van der Waals surface area (Å²) in [7, 11) is 0. The van der Waals surface area contributed by atoms with E-state index in [0.29, 0.717) is 24.4 Å². The molecule has 1 unspecified atom stereocenters. The number of hydrogen-bond donors (Lipinski definition) is 1. The monoisotopic (exact) mass is 377 g/mol. The Kier molecular flexibility index (Phi) is 10.0. The summed E-state index contributed by atoms with van der Waals surface area (Å²) in [4.78, 5) is 29.9. The van der Waals surface area contributed by atoms with Crippen LogP contribution in [0.25, 0.3) is 0 Å². The molecular weight excluding hydrogens is 342 g/mol. The second-order valence-corrected chi connectivity index (χ2v) is 6.43. The van der Waals surface area contributed by atoms with Gasteiger partial charge in [0.1, 0.15) is 6.04 Å². The van der Waals surface area contributed by atoms with Crippen LogP contribution in [-0.4, -0.2) is 67.0 Å². The van der Waals surface area contributed by atoms with Crippen molar-refractivity contribution in [2.45, 2.75) is 47.6 Å². The highest BCUT2D eigenvalue weighted by molar-refractivity contribution is 6.03. The maximum Gasteiger partial charge on any atom is 0.340 e. The predicted molar refractivity (Wildman–Crippen MR) is 110 cm³/mol.